The summed E-state index contributed by atoms with van der Waals surface area (Å²) in [6.07, 6.45) is 3.85. The summed E-state index contributed by atoms with van der Waals surface area (Å²) in [5.41, 5.74) is 2.74. The van der Waals surface area contributed by atoms with E-state index >= 15 is 0 Å². The molecule has 0 aliphatic rings. The number of carbonyl (C=O) groups is 1. The van der Waals surface area contributed by atoms with Crippen molar-refractivity contribution in [1.29, 1.82) is 0 Å². The molecular formula is C10H15BrN4O2S. The molecule has 8 heteroatoms. The van der Waals surface area contributed by atoms with E-state index in [1.807, 2.05) is 0 Å². The zero-order valence-corrected chi connectivity index (χ0v) is 12.3. The highest BCUT2D eigenvalue weighted by Crippen LogP contribution is 2.16. The molecule has 1 aromatic heterocycles. The van der Waals surface area contributed by atoms with Crippen LogP contribution in [0.3, 0.4) is 0 Å². The fraction of sp³-hybridized carbons (Fsp3) is 0.400. The summed E-state index contributed by atoms with van der Waals surface area (Å²) in [7, 11) is -0.838. The van der Waals surface area contributed by atoms with Crippen molar-refractivity contribution < 1.29 is 9.00 Å². The van der Waals surface area contributed by atoms with Gasteiger partial charge in [0.1, 0.15) is 0 Å². The van der Waals surface area contributed by atoms with Crippen molar-refractivity contribution in [1.82, 2.24) is 10.3 Å². The van der Waals surface area contributed by atoms with Crippen LogP contribution in [0, 0.1) is 0 Å². The second-order valence-corrected chi connectivity index (χ2v) is 6.05. The van der Waals surface area contributed by atoms with Crippen molar-refractivity contribution in [2.75, 3.05) is 24.0 Å². The normalized spacial score (nSPS) is 11.9. The van der Waals surface area contributed by atoms with Crippen LogP contribution in [-0.4, -0.2) is 33.7 Å². The van der Waals surface area contributed by atoms with E-state index < -0.39 is 10.8 Å². The lowest BCUT2D eigenvalue weighted by Crippen LogP contribution is -2.27. The van der Waals surface area contributed by atoms with Crippen LogP contribution in [0.5, 0.6) is 0 Å². The zero-order chi connectivity index (χ0) is 13.5. The first-order chi connectivity index (χ1) is 8.54. The molecule has 0 radical (unpaired) electrons. The molecule has 0 spiro atoms. The Morgan fingerprint density at radius 3 is 2.94 bits per heavy atom. The fourth-order valence-corrected chi connectivity index (χ4v) is 2.18. The minimum Gasteiger partial charge on any atom is -0.352 e. The van der Waals surface area contributed by atoms with Gasteiger partial charge in [-0.15, -0.1) is 0 Å². The summed E-state index contributed by atoms with van der Waals surface area (Å²) in [5.74, 6) is 5.90. The van der Waals surface area contributed by atoms with Gasteiger partial charge in [-0.05, 0) is 28.4 Å². The van der Waals surface area contributed by atoms with Crippen molar-refractivity contribution in [3.63, 3.8) is 0 Å². The van der Waals surface area contributed by atoms with E-state index in [4.69, 9.17) is 5.84 Å². The van der Waals surface area contributed by atoms with Gasteiger partial charge in [0.2, 0.25) is 0 Å². The molecule has 0 fully saturated rings. The molecular weight excluding hydrogens is 320 g/mol. The molecule has 1 atom stereocenters. The van der Waals surface area contributed by atoms with Gasteiger partial charge in [-0.1, -0.05) is 0 Å². The number of anilines is 1. The molecule has 0 aliphatic carbocycles. The molecule has 0 aliphatic heterocycles. The third kappa shape index (κ3) is 4.71. The van der Waals surface area contributed by atoms with Gasteiger partial charge in [-0.25, -0.2) is 10.8 Å². The summed E-state index contributed by atoms with van der Waals surface area (Å²) in [5, 5.41) is 2.73. The SMILES string of the molecule is CS(=O)CCCNC(=O)c1cc(Br)cnc1NN. The molecule has 100 valence electrons. The Kier molecular flexibility index (Phi) is 6.23. The van der Waals surface area contributed by atoms with Crippen LogP contribution in [0.4, 0.5) is 5.82 Å². The van der Waals surface area contributed by atoms with Crippen LogP contribution in [-0.2, 0) is 10.8 Å². The number of carbonyl (C=O) groups excluding carboxylic acids is 1. The van der Waals surface area contributed by atoms with E-state index in [0.717, 1.165) is 0 Å². The maximum atomic E-state index is 11.9. The smallest absolute Gasteiger partial charge is 0.255 e. The summed E-state index contributed by atoms with van der Waals surface area (Å²) in [6, 6.07) is 1.63. The monoisotopic (exact) mass is 334 g/mol. The minimum atomic E-state index is -0.838. The predicted molar refractivity (Wildman–Crippen MR) is 75.6 cm³/mol. The predicted octanol–water partition coefficient (Wildman–Crippen LogP) is 0.628. The molecule has 0 aromatic carbocycles. The molecule has 0 saturated carbocycles. The molecule has 0 bridgehead atoms. The number of hydrazine groups is 1. The first-order valence-electron chi connectivity index (χ1n) is 5.25. The third-order valence-corrected chi connectivity index (χ3v) is 3.43. The van der Waals surface area contributed by atoms with E-state index in [2.05, 4.69) is 31.7 Å². The Labute approximate surface area is 116 Å². The van der Waals surface area contributed by atoms with Gasteiger partial charge in [0.15, 0.2) is 5.82 Å². The van der Waals surface area contributed by atoms with Gasteiger partial charge in [0, 0.05) is 40.0 Å². The third-order valence-electron chi connectivity index (χ3n) is 2.13. The number of nitrogens with one attached hydrogen (secondary N) is 2. The number of nitrogens with two attached hydrogens (primary N) is 1. The number of hydrogen-bond donors (Lipinski definition) is 3. The standard InChI is InChI=1S/C10H15BrN4O2S/c1-18(17)4-2-3-13-10(16)8-5-7(11)6-14-9(8)15-12/h5-6H,2-4,12H2,1H3,(H,13,16)(H,14,15). The highest BCUT2D eigenvalue weighted by molar-refractivity contribution is 9.10. The second kappa shape index (κ2) is 7.45. The van der Waals surface area contributed by atoms with Gasteiger partial charge in [0.05, 0.1) is 5.56 Å². The Balaban J connectivity index is 2.60. The van der Waals surface area contributed by atoms with Crippen LogP contribution in [0.25, 0.3) is 0 Å². The summed E-state index contributed by atoms with van der Waals surface area (Å²) in [6.45, 7) is 0.467. The Bertz CT molecular complexity index is 456. The molecule has 1 heterocycles. The molecule has 1 amide bonds. The van der Waals surface area contributed by atoms with Gasteiger partial charge in [-0.2, -0.15) is 0 Å². The van der Waals surface area contributed by atoms with Gasteiger partial charge < -0.3 is 10.7 Å². The molecule has 18 heavy (non-hydrogen) atoms. The lowest BCUT2D eigenvalue weighted by molar-refractivity contribution is 0.0954. The van der Waals surface area contributed by atoms with Crippen molar-refractivity contribution >= 4 is 38.5 Å². The molecule has 4 N–H and O–H groups in total. The maximum absolute atomic E-state index is 11.9. The van der Waals surface area contributed by atoms with E-state index in [0.29, 0.717) is 34.6 Å². The molecule has 1 aromatic rings. The van der Waals surface area contributed by atoms with E-state index in [9.17, 15) is 9.00 Å². The Morgan fingerprint density at radius 2 is 2.33 bits per heavy atom. The lowest BCUT2D eigenvalue weighted by atomic mass is 10.2. The van der Waals surface area contributed by atoms with Gasteiger partial charge in [-0.3, -0.25) is 9.00 Å². The quantitative estimate of drug-likeness (QED) is 0.402. The molecule has 0 saturated heterocycles. The number of pyridine rings is 1. The van der Waals surface area contributed by atoms with Crippen molar-refractivity contribution in [2.24, 2.45) is 5.84 Å². The number of rotatable bonds is 6. The minimum absolute atomic E-state index is 0.265. The Morgan fingerprint density at radius 1 is 1.61 bits per heavy atom. The summed E-state index contributed by atoms with van der Waals surface area (Å²) >= 11 is 3.24. The van der Waals surface area contributed by atoms with Crippen molar-refractivity contribution in [3.05, 3.63) is 22.3 Å². The molecule has 6 nitrogen and oxygen atoms in total. The Hall–Kier alpha value is -0.990. The second-order valence-electron chi connectivity index (χ2n) is 3.58. The average Bonchev–Trinajstić information content (AvgIpc) is 2.34. The number of halogens is 1. The van der Waals surface area contributed by atoms with Crippen LogP contribution in [0.1, 0.15) is 16.8 Å². The number of nitrogens with zero attached hydrogens (tertiary/aromatic N) is 1. The molecule has 1 unspecified atom stereocenters. The topological polar surface area (TPSA) is 97.1 Å². The van der Waals surface area contributed by atoms with E-state index in [1.165, 1.54) is 0 Å². The van der Waals surface area contributed by atoms with E-state index in [-0.39, 0.29) is 5.91 Å². The van der Waals surface area contributed by atoms with Crippen LogP contribution >= 0.6 is 15.9 Å². The van der Waals surface area contributed by atoms with Crippen LogP contribution in [0.2, 0.25) is 0 Å². The molecule has 1 rings (SSSR count). The first-order valence-corrected chi connectivity index (χ1v) is 7.77. The lowest BCUT2D eigenvalue weighted by Gasteiger charge is -2.09. The van der Waals surface area contributed by atoms with Gasteiger partial charge >= 0.3 is 0 Å². The van der Waals surface area contributed by atoms with Gasteiger partial charge in [0.25, 0.3) is 5.91 Å². The number of nitrogen functional groups attached to an aromatic ring is 1. The van der Waals surface area contributed by atoms with Crippen molar-refractivity contribution in [3.8, 4) is 0 Å². The number of hydrogen-bond acceptors (Lipinski definition) is 5. The number of aromatic nitrogens is 1. The largest absolute Gasteiger partial charge is 0.352 e. The van der Waals surface area contributed by atoms with Crippen LogP contribution < -0.4 is 16.6 Å². The first kappa shape index (κ1) is 15.1. The van der Waals surface area contributed by atoms with E-state index in [1.54, 1.807) is 18.5 Å². The number of amides is 1. The summed E-state index contributed by atoms with van der Waals surface area (Å²) < 4.78 is 11.6. The maximum Gasteiger partial charge on any atom is 0.255 e. The summed E-state index contributed by atoms with van der Waals surface area (Å²) in [4.78, 5) is 15.9. The average molecular weight is 335 g/mol. The zero-order valence-electron chi connectivity index (χ0n) is 9.90. The highest BCUT2D eigenvalue weighted by Gasteiger charge is 2.12. The fourth-order valence-electron chi connectivity index (χ4n) is 1.30. The van der Waals surface area contributed by atoms with Crippen LogP contribution in [0.15, 0.2) is 16.7 Å². The van der Waals surface area contributed by atoms with Crippen molar-refractivity contribution in [2.45, 2.75) is 6.42 Å². The highest BCUT2D eigenvalue weighted by atomic mass is 79.9.